The Morgan fingerprint density at radius 2 is 1.75 bits per heavy atom. The molecule has 3 fully saturated rings. The van der Waals surface area contributed by atoms with Gasteiger partial charge in [0.2, 0.25) is 0 Å². The predicted molar refractivity (Wildman–Crippen MR) is 109 cm³/mol. The van der Waals surface area contributed by atoms with Crippen molar-refractivity contribution in [3.63, 3.8) is 0 Å². The van der Waals surface area contributed by atoms with Crippen molar-refractivity contribution in [2.45, 2.75) is 62.4 Å². The van der Waals surface area contributed by atoms with Crippen molar-refractivity contribution in [3.8, 4) is 0 Å². The number of anilines is 2. The number of hydrogen-bond acceptors (Lipinski definition) is 5. The van der Waals surface area contributed by atoms with Crippen LogP contribution in [0.25, 0.3) is 0 Å². The number of nitrogens with zero attached hydrogens (tertiary/aromatic N) is 3. The Hall–Kier alpha value is -2.21. The maximum Gasteiger partial charge on any atom is 0.146 e. The van der Waals surface area contributed by atoms with Gasteiger partial charge >= 0.3 is 0 Å². The molecule has 2 aromatic rings. The number of halogens is 1. The molecule has 1 aromatic carbocycles. The molecule has 3 N–H and O–H groups in total. The average molecular weight is 381 g/mol. The Balaban J connectivity index is 1.26. The van der Waals surface area contributed by atoms with Crippen molar-refractivity contribution in [3.05, 3.63) is 47.7 Å². The molecule has 148 valence electrons. The molecule has 0 amide bonds. The summed E-state index contributed by atoms with van der Waals surface area (Å²) in [6, 6.07) is 9.86. The third-order valence-electron chi connectivity index (χ3n) is 6.34. The Morgan fingerprint density at radius 1 is 1.00 bits per heavy atom. The number of piperidine rings is 1. The number of aromatic nitrogens is 2. The molecule has 5 nitrogen and oxygen atoms in total. The second kappa shape index (κ2) is 7.32. The number of benzene rings is 1. The molecule has 1 saturated heterocycles. The zero-order valence-corrected chi connectivity index (χ0v) is 16.1. The molecule has 2 saturated carbocycles. The summed E-state index contributed by atoms with van der Waals surface area (Å²) in [7, 11) is 0. The molecule has 0 unspecified atom stereocenters. The van der Waals surface area contributed by atoms with Gasteiger partial charge in [-0.1, -0.05) is 12.1 Å². The summed E-state index contributed by atoms with van der Waals surface area (Å²) >= 11 is 0. The van der Waals surface area contributed by atoms with E-state index in [1.165, 1.54) is 18.9 Å². The first-order chi connectivity index (χ1) is 13.7. The Bertz CT molecular complexity index is 839. The van der Waals surface area contributed by atoms with Crippen LogP contribution in [0.1, 0.15) is 61.9 Å². The summed E-state index contributed by atoms with van der Waals surface area (Å²) in [4.78, 5) is 11.8. The number of nitrogens with one attached hydrogen (secondary N) is 1. The van der Waals surface area contributed by atoms with Gasteiger partial charge in [0.15, 0.2) is 0 Å². The highest BCUT2D eigenvalue weighted by Crippen LogP contribution is 2.41. The van der Waals surface area contributed by atoms with Crippen LogP contribution in [0.5, 0.6) is 0 Å². The maximum atomic E-state index is 14.0. The largest absolute Gasteiger partial charge is 0.369 e. The summed E-state index contributed by atoms with van der Waals surface area (Å²) in [5.41, 5.74) is 7.85. The van der Waals surface area contributed by atoms with E-state index in [4.69, 9.17) is 15.7 Å². The van der Waals surface area contributed by atoms with Crippen molar-refractivity contribution in [2.75, 3.05) is 23.3 Å². The van der Waals surface area contributed by atoms with Crippen LogP contribution >= 0.6 is 0 Å². The quantitative estimate of drug-likeness (QED) is 0.825. The van der Waals surface area contributed by atoms with Gasteiger partial charge in [-0.05, 0) is 50.7 Å². The van der Waals surface area contributed by atoms with Gasteiger partial charge in [0.25, 0.3) is 0 Å². The lowest BCUT2D eigenvalue weighted by Crippen LogP contribution is -2.39. The van der Waals surface area contributed by atoms with E-state index in [1.807, 2.05) is 12.1 Å². The van der Waals surface area contributed by atoms with Crippen LogP contribution in [0.3, 0.4) is 0 Å². The second-order valence-electron chi connectivity index (χ2n) is 8.60. The fraction of sp³-hybridized carbons (Fsp3) is 0.545. The second-order valence-corrected chi connectivity index (χ2v) is 8.60. The van der Waals surface area contributed by atoms with Gasteiger partial charge in [0.1, 0.15) is 17.5 Å². The van der Waals surface area contributed by atoms with Crippen molar-refractivity contribution < 1.29 is 4.39 Å². The first-order valence-electron chi connectivity index (χ1n) is 10.6. The van der Waals surface area contributed by atoms with Crippen molar-refractivity contribution in [1.82, 2.24) is 9.97 Å². The Kier molecular flexibility index (Phi) is 4.67. The number of para-hydroxylation sites is 1. The summed E-state index contributed by atoms with van der Waals surface area (Å²) in [5.74, 6) is 2.85. The first-order valence-corrected chi connectivity index (χ1v) is 10.6. The van der Waals surface area contributed by atoms with Crippen LogP contribution in [0.15, 0.2) is 30.3 Å². The smallest absolute Gasteiger partial charge is 0.146 e. The zero-order valence-electron chi connectivity index (χ0n) is 16.1. The number of nitrogens with two attached hydrogens (primary N) is 1. The predicted octanol–water partition coefficient (Wildman–Crippen LogP) is 3.78. The van der Waals surface area contributed by atoms with Crippen LogP contribution in [0.2, 0.25) is 0 Å². The van der Waals surface area contributed by atoms with Gasteiger partial charge in [-0.2, -0.15) is 0 Å². The highest BCUT2D eigenvalue weighted by Gasteiger charge is 2.32. The molecule has 5 rings (SSSR count). The molecule has 0 bridgehead atoms. The molecular formula is C22H28FN5. The summed E-state index contributed by atoms with van der Waals surface area (Å²) < 4.78 is 14.0. The van der Waals surface area contributed by atoms with Crippen LogP contribution in [0.4, 0.5) is 15.9 Å². The molecule has 3 aliphatic rings. The van der Waals surface area contributed by atoms with E-state index >= 15 is 0 Å². The van der Waals surface area contributed by atoms with Gasteiger partial charge in [0, 0.05) is 48.8 Å². The van der Waals surface area contributed by atoms with Crippen LogP contribution in [0, 0.1) is 5.82 Å². The summed E-state index contributed by atoms with van der Waals surface area (Å²) in [6.07, 6.45) is 6.41. The van der Waals surface area contributed by atoms with Gasteiger partial charge in [-0.3, -0.25) is 0 Å². The van der Waals surface area contributed by atoms with Gasteiger partial charge in [-0.25, -0.2) is 14.4 Å². The van der Waals surface area contributed by atoms with E-state index in [2.05, 4.69) is 16.3 Å². The molecule has 28 heavy (non-hydrogen) atoms. The van der Waals surface area contributed by atoms with E-state index in [0.29, 0.717) is 29.6 Å². The minimum absolute atomic E-state index is 0.137. The number of rotatable bonds is 5. The molecule has 0 atom stereocenters. The number of hydrogen-bond donors (Lipinski definition) is 2. The molecule has 1 aliphatic heterocycles. The maximum absolute atomic E-state index is 14.0. The fourth-order valence-corrected chi connectivity index (χ4v) is 4.38. The van der Waals surface area contributed by atoms with Crippen LogP contribution in [-0.4, -0.2) is 35.1 Å². The summed E-state index contributed by atoms with van der Waals surface area (Å²) in [6.45, 7) is 1.70. The van der Waals surface area contributed by atoms with Crippen molar-refractivity contribution >= 4 is 11.5 Å². The molecule has 2 heterocycles. The topological polar surface area (TPSA) is 67.1 Å². The van der Waals surface area contributed by atoms with Crippen molar-refractivity contribution in [2.24, 2.45) is 5.73 Å². The van der Waals surface area contributed by atoms with E-state index in [9.17, 15) is 4.39 Å². The molecular weight excluding hydrogens is 353 g/mol. The van der Waals surface area contributed by atoms with Gasteiger partial charge < -0.3 is 16.0 Å². The lowest BCUT2D eigenvalue weighted by Gasteiger charge is -2.35. The van der Waals surface area contributed by atoms with Gasteiger partial charge in [0.05, 0.1) is 5.69 Å². The molecule has 0 spiro atoms. The minimum atomic E-state index is -0.137. The van der Waals surface area contributed by atoms with Crippen LogP contribution < -0.4 is 16.0 Å². The molecule has 0 radical (unpaired) electrons. The Morgan fingerprint density at radius 3 is 2.43 bits per heavy atom. The lowest BCUT2D eigenvalue weighted by atomic mass is 9.78. The molecule has 6 heteroatoms. The fourth-order valence-electron chi connectivity index (χ4n) is 4.38. The lowest BCUT2D eigenvalue weighted by molar-refractivity contribution is 0.344. The third kappa shape index (κ3) is 3.70. The van der Waals surface area contributed by atoms with Crippen LogP contribution in [-0.2, 0) is 0 Å². The van der Waals surface area contributed by atoms with E-state index in [-0.39, 0.29) is 5.82 Å². The molecule has 1 aromatic heterocycles. The monoisotopic (exact) mass is 381 g/mol. The highest BCUT2D eigenvalue weighted by atomic mass is 19.1. The Labute approximate surface area is 165 Å². The molecule has 2 aliphatic carbocycles. The first kappa shape index (κ1) is 17.9. The van der Waals surface area contributed by atoms with Gasteiger partial charge in [-0.15, -0.1) is 0 Å². The normalized spacial score (nSPS) is 25.4. The third-order valence-corrected chi connectivity index (χ3v) is 6.34. The standard InChI is InChI=1S/C22H28FN5/c23-18-3-1-2-4-20(18)28-9-7-17(8-10-28)25-21-13-19(15-11-16(24)12-15)26-22(27-21)14-5-6-14/h1-4,13-17H,5-12,24H2,(H,25,26,27). The summed E-state index contributed by atoms with van der Waals surface area (Å²) in [5, 5.41) is 3.64. The average Bonchev–Trinajstić information content (AvgIpc) is 3.52. The van der Waals surface area contributed by atoms with E-state index in [1.54, 1.807) is 6.07 Å². The van der Waals surface area contributed by atoms with E-state index in [0.717, 1.165) is 56.1 Å². The SMILES string of the molecule is NC1CC(c2cc(NC3CCN(c4ccccc4F)CC3)nc(C3CC3)n2)C1. The zero-order chi connectivity index (χ0) is 19.1. The minimum Gasteiger partial charge on any atom is -0.369 e. The van der Waals surface area contributed by atoms with E-state index < -0.39 is 0 Å². The van der Waals surface area contributed by atoms with Crippen molar-refractivity contribution in [1.29, 1.82) is 0 Å². The highest BCUT2D eigenvalue weighted by molar-refractivity contribution is 5.48.